The van der Waals surface area contributed by atoms with Crippen molar-refractivity contribution in [2.24, 2.45) is 47.3 Å². The van der Waals surface area contributed by atoms with Gasteiger partial charge in [0.15, 0.2) is 0 Å². The van der Waals surface area contributed by atoms with Crippen molar-refractivity contribution in [3.05, 3.63) is 35.9 Å². The molecule has 1 fully saturated rings. The second-order valence-electron chi connectivity index (χ2n) is 9.22. The normalized spacial score (nSPS) is 31.7. The van der Waals surface area contributed by atoms with Crippen LogP contribution in [0.4, 0.5) is 0 Å². The Bertz CT molecular complexity index is 442. The van der Waals surface area contributed by atoms with Crippen molar-refractivity contribution in [3.63, 3.8) is 0 Å². The van der Waals surface area contributed by atoms with Crippen molar-refractivity contribution < 1.29 is 0 Å². The zero-order valence-electron chi connectivity index (χ0n) is 16.6. The first-order valence-electron chi connectivity index (χ1n) is 9.82. The summed E-state index contributed by atoms with van der Waals surface area (Å²) in [5.74, 6) is 7.04. The van der Waals surface area contributed by atoms with Gasteiger partial charge in [-0.25, -0.2) is 0 Å². The van der Waals surface area contributed by atoms with Crippen LogP contribution in [0.2, 0.25) is 0 Å². The lowest BCUT2D eigenvalue weighted by molar-refractivity contribution is 0.131. The van der Waals surface area contributed by atoms with Crippen molar-refractivity contribution >= 4 is 0 Å². The van der Waals surface area contributed by atoms with Gasteiger partial charge < -0.3 is 0 Å². The zero-order chi connectivity index (χ0) is 17.3. The third kappa shape index (κ3) is 3.52. The minimum absolute atomic E-state index is 0.719. The lowest BCUT2D eigenvalue weighted by Crippen LogP contribution is -2.29. The molecule has 4 atom stereocenters. The first kappa shape index (κ1) is 18.6. The summed E-state index contributed by atoms with van der Waals surface area (Å²) in [5, 5.41) is 0. The number of rotatable bonds is 5. The lowest BCUT2D eigenvalue weighted by Gasteiger charge is -2.35. The SMILES string of the molecule is CC(C)C1C(c2ccccc2)C(C(C)C)C(C(C)C)C1C(C)C. The third-order valence-electron chi connectivity index (χ3n) is 6.43. The highest BCUT2D eigenvalue weighted by molar-refractivity contribution is 5.25. The summed E-state index contributed by atoms with van der Waals surface area (Å²) in [6.45, 7) is 19.7. The van der Waals surface area contributed by atoms with E-state index in [2.05, 4.69) is 85.7 Å². The average Bonchev–Trinajstić information content (AvgIpc) is 2.84. The maximum absolute atomic E-state index is 2.46. The fourth-order valence-electron chi connectivity index (χ4n) is 5.86. The van der Waals surface area contributed by atoms with Crippen molar-refractivity contribution in [1.29, 1.82) is 0 Å². The highest BCUT2D eigenvalue weighted by atomic mass is 14.6. The molecule has 1 saturated carbocycles. The molecule has 0 radical (unpaired) electrons. The van der Waals surface area contributed by atoms with Gasteiger partial charge in [-0.05, 0) is 58.8 Å². The molecule has 0 bridgehead atoms. The summed E-state index contributed by atoms with van der Waals surface area (Å²) in [4.78, 5) is 0. The monoisotopic (exact) mass is 314 g/mol. The Morgan fingerprint density at radius 3 is 1.17 bits per heavy atom. The van der Waals surface area contributed by atoms with Gasteiger partial charge in [-0.2, -0.15) is 0 Å². The van der Waals surface area contributed by atoms with Crippen LogP contribution >= 0.6 is 0 Å². The summed E-state index contributed by atoms with van der Waals surface area (Å²) in [7, 11) is 0. The van der Waals surface area contributed by atoms with Crippen LogP contribution in [-0.2, 0) is 0 Å². The van der Waals surface area contributed by atoms with Gasteiger partial charge in [0.2, 0.25) is 0 Å². The fraction of sp³-hybridized carbons (Fsp3) is 0.739. The fourth-order valence-corrected chi connectivity index (χ4v) is 5.86. The van der Waals surface area contributed by atoms with Crippen LogP contribution in [0.5, 0.6) is 0 Å². The van der Waals surface area contributed by atoms with Crippen LogP contribution in [0.3, 0.4) is 0 Å². The smallest absolute Gasteiger partial charge is 0.00947 e. The maximum Gasteiger partial charge on any atom is -0.00947 e. The third-order valence-corrected chi connectivity index (χ3v) is 6.43. The Morgan fingerprint density at radius 1 is 0.522 bits per heavy atom. The molecule has 4 unspecified atom stereocenters. The van der Waals surface area contributed by atoms with Gasteiger partial charge in [0.1, 0.15) is 0 Å². The topological polar surface area (TPSA) is 0 Å². The average molecular weight is 315 g/mol. The molecule has 0 aliphatic heterocycles. The van der Waals surface area contributed by atoms with Crippen molar-refractivity contribution in [2.75, 3.05) is 0 Å². The Morgan fingerprint density at radius 2 is 0.870 bits per heavy atom. The van der Waals surface area contributed by atoms with Gasteiger partial charge >= 0.3 is 0 Å². The minimum Gasteiger partial charge on any atom is -0.0625 e. The van der Waals surface area contributed by atoms with E-state index < -0.39 is 0 Å². The Hall–Kier alpha value is -0.780. The maximum atomic E-state index is 2.46. The molecule has 0 heterocycles. The highest BCUT2D eigenvalue weighted by Gasteiger charge is 2.53. The molecule has 23 heavy (non-hydrogen) atoms. The Labute approximate surface area is 145 Å². The zero-order valence-corrected chi connectivity index (χ0v) is 16.6. The summed E-state index contributed by atoms with van der Waals surface area (Å²) in [6, 6.07) is 11.4. The molecule has 0 amide bonds. The van der Waals surface area contributed by atoms with Gasteiger partial charge in [0, 0.05) is 0 Å². The molecule has 2 rings (SSSR count). The summed E-state index contributed by atoms with van der Waals surface area (Å²) in [6.07, 6.45) is 0. The van der Waals surface area contributed by atoms with E-state index in [1.165, 1.54) is 0 Å². The van der Waals surface area contributed by atoms with Crippen LogP contribution in [0, 0.1) is 47.3 Å². The van der Waals surface area contributed by atoms with Gasteiger partial charge in [0.05, 0.1) is 0 Å². The van der Waals surface area contributed by atoms with E-state index in [0.29, 0.717) is 0 Å². The molecule has 1 aliphatic rings. The van der Waals surface area contributed by atoms with E-state index in [4.69, 9.17) is 0 Å². The number of hydrogen-bond donors (Lipinski definition) is 0. The highest BCUT2D eigenvalue weighted by Crippen LogP contribution is 2.60. The standard InChI is InChI=1S/C23H38/c1-14(2)19-20(15(3)4)22(17(7)8)23(21(19)16(5)6)18-12-10-9-11-13-18/h9-17,19-23H,1-8H3. The van der Waals surface area contributed by atoms with Crippen LogP contribution in [0.25, 0.3) is 0 Å². The van der Waals surface area contributed by atoms with Crippen molar-refractivity contribution in [2.45, 2.75) is 61.3 Å². The lowest BCUT2D eigenvalue weighted by atomic mass is 9.70. The van der Waals surface area contributed by atoms with E-state index in [-0.39, 0.29) is 0 Å². The molecule has 0 N–H and O–H groups in total. The summed E-state index contributed by atoms with van der Waals surface area (Å²) < 4.78 is 0. The van der Waals surface area contributed by atoms with E-state index in [9.17, 15) is 0 Å². The molecule has 0 saturated heterocycles. The molecular weight excluding hydrogens is 276 g/mol. The molecule has 130 valence electrons. The second-order valence-corrected chi connectivity index (χ2v) is 9.22. The first-order chi connectivity index (χ1) is 10.8. The van der Waals surface area contributed by atoms with Gasteiger partial charge in [-0.1, -0.05) is 85.7 Å². The van der Waals surface area contributed by atoms with E-state index in [1.807, 2.05) is 0 Å². The molecule has 1 aromatic carbocycles. The predicted molar refractivity (Wildman–Crippen MR) is 102 cm³/mol. The molecule has 0 nitrogen and oxygen atoms in total. The quantitative estimate of drug-likeness (QED) is 0.556. The van der Waals surface area contributed by atoms with Crippen LogP contribution in [-0.4, -0.2) is 0 Å². The number of benzene rings is 1. The first-order valence-corrected chi connectivity index (χ1v) is 9.82. The number of hydrogen-bond acceptors (Lipinski definition) is 0. The largest absolute Gasteiger partial charge is 0.0625 e. The molecule has 0 spiro atoms. The summed E-state index contributed by atoms with van der Waals surface area (Å²) in [5.41, 5.74) is 1.58. The molecular formula is C23H38. The van der Waals surface area contributed by atoms with Crippen LogP contribution in [0.1, 0.15) is 66.9 Å². The second kappa shape index (κ2) is 7.41. The van der Waals surface area contributed by atoms with Crippen LogP contribution in [0.15, 0.2) is 30.3 Å². The molecule has 1 aromatic rings. The van der Waals surface area contributed by atoms with Gasteiger partial charge in [-0.15, -0.1) is 0 Å². The predicted octanol–water partition coefficient (Wildman–Crippen LogP) is 6.87. The Kier molecular flexibility index (Phi) is 5.98. The molecule has 1 aliphatic carbocycles. The molecule has 0 aromatic heterocycles. The van der Waals surface area contributed by atoms with E-state index in [0.717, 1.165) is 53.3 Å². The van der Waals surface area contributed by atoms with Crippen molar-refractivity contribution in [1.82, 2.24) is 0 Å². The van der Waals surface area contributed by atoms with E-state index >= 15 is 0 Å². The van der Waals surface area contributed by atoms with Gasteiger partial charge in [0.25, 0.3) is 0 Å². The minimum atomic E-state index is 0.719. The molecule has 0 heteroatoms. The van der Waals surface area contributed by atoms with Crippen molar-refractivity contribution in [3.8, 4) is 0 Å². The Balaban J connectivity index is 2.58. The van der Waals surface area contributed by atoms with Gasteiger partial charge in [-0.3, -0.25) is 0 Å². The summed E-state index contributed by atoms with van der Waals surface area (Å²) >= 11 is 0. The van der Waals surface area contributed by atoms with Crippen LogP contribution < -0.4 is 0 Å². The van der Waals surface area contributed by atoms with E-state index in [1.54, 1.807) is 5.56 Å².